The van der Waals surface area contributed by atoms with E-state index in [0.29, 0.717) is 6.42 Å². The zero-order chi connectivity index (χ0) is 21.5. The largest absolute Gasteiger partial charge is 0.462 e. The summed E-state index contributed by atoms with van der Waals surface area (Å²) in [5.74, 6) is -0.950. The minimum Gasteiger partial charge on any atom is -0.462 e. The Morgan fingerprint density at radius 2 is 1.90 bits per heavy atom. The predicted molar refractivity (Wildman–Crippen MR) is 127 cm³/mol. The molecule has 0 aromatic heterocycles. The van der Waals surface area contributed by atoms with Crippen LogP contribution in [-0.2, 0) is 14.3 Å². The van der Waals surface area contributed by atoms with Crippen LogP contribution in [0.5, 0.6) is 0 Å². The van der Waals surface area contributed by atoms with Crippen molar-refractivity contribution in [3.05, 3.63) is 44.7 Å². The Kier molecular flexibility index (Phi) is 6.20. The van der Waals surface area contributed by atoms with Crippen molar-refractivity contribution >= 4 is 40.1 Å². The summed E-state index contributed by atoms with van der Waals surface area (Å²) in [5.41, 5.74) is 3.25. The zero-order valence-corrected chi connectivity index (χ0v) is 20.2. The van der Waals surface area contributed by atoms with Crippen molar-refractivity contribution in [1.29, 1.82) is 0 Å². The van der Waals surface area contributed by atoms with E-state index in [2.05, 4.69) is 42.5 Å². The fourth-order valence-electron chi connectivity index (χ4n) is 5.23. The third-order valence-electron chi connectivity index (χ3n) is 6.60. The van der Waals surface area contributed by atoms with Crippen LogP contribution in [0.15, 0.2) is 40.5 Å². The monoisotopic (exact) mass is 519 g/mol. The van der Waals surface area contributed by atoms with Crippen molar-refractivity contribution in [2.24, 2.45) is 16.3 Å². The number of esters is 1. The van der Waals surface area contributed by atoms with Gasteiger partial charge in [0.1, 0.15) is 12.0 Å². The highest BCUT2D eigenvalue weighted by molar-refractivity contribution is 14.1. The molecule has 0 amide bonds. The first-order valence-corrected chi connectivity index (χ1v) is 12.1. The van der Waals surface area contributed by atoms with Crippen LogP contribution in [0.3, 0.4) is 0 Å². The fourth-order valence-corrected chi connectivity index (χ4v) is 5.80. The molecule has 0 bridgehead atoms. The molecule has 1 fully saturated rings. The average molecular weight is 519 g/mol. The Morgan fingerprint density at radius 1 is 1.17 bits per heavy atom. The number of hydrogen-bond donors (Lipinski definition) is 0. The highest BCUT2D eigenvalue weighted by atomic mass is 127. The van der Waals surface area contributed by atoms with Gasteiger partial charge in [0.15, 0.2) is 5.78 Å². The van der Waals surface area contributed by atoms with Crippen LogP contribution in [0.25, 0.3) is 0 Å². The van der Waals surface area contributed by atoms with Gasteiger partial charge in [-0.1, -0.05) is 32.4 Å². The molecule has 160 valence electrons. The normalized spacial score (nSPS) is 26.8. The van der Waals surface area contributed by atoms with Crippen LogP contribution in [-0.4, -0.2) is 23.6 Å². The Balaban J connectivity index is 1.75. The first-order valence-electron chi connectivity index (χ1n) is 11.0. The van der Waals surface area contributed by atoms with E-state index in [4.69, 9.17) is 9.73 Å². The minimum atomic E-state index is -0.533. The number of halogens is 1. The molecule has 4 nitrogen and oxygen atoms in total. The van der Waals surface area contributed by atoms with E-state index in [1.54, 1.807) is 0 Å². The summed E-state index contributed by atoms with van der Waals surface area (Å²) >= 11 is 2.29. The molecule has 3 aliphatic rings. The molecule has 2 aliphatic carbocycles. The van der Waals surface area contributed by atoms with Crippen LogP contribution in [0.2, 0.25) is 0 Å². The quantitative estimate of drug-likeness (QED) is 0.365. The maximum absolute atomic E-state index is 13.4. The van der Waals surface area contributed by atoms with Crippen molar-refractivity contribution in [2.75, 3.05) is 0 Å². The Hall–Kier alpha value is -1.50. The molecule has 1 heterocycles. The highest BCUT2D eigenvalue weighted by Crippen LogP contribution is 2.48. The number of allylic oxidation sites excluding steroid dienone is 2. The molecule has 0 radical (unpaired) electrons. The number of hydrogen-bond acceptors (Lipinski definition) is 4. The second-order valence-corrected chi connectivity index (χ2v) is 11.0. The summed E-state index contributed by atoms with van der Waals surface area (Å²) < 4.78 is 7.08. The van der Waals surface area contributed by atoms with E-state index < -0.39 is 5.92 Å². The summed E-state index contributed by atoms with van der Waals surface area (Å²) in [6, 6.07) is 8.15. The number of ether oxygens (including phenoxy) is 1. The molecule has 0 N–H and O–H groups in total. The van der Waals surface area contributed by atoms with Crippen LogP contribution >= 0.6 is 22.6 Å². The smallest absolute Gasteiger partial charge is 0.315 e. The standard InChI is InChI=1S/C25H30INO3/c1-15-21(24(29)30-18-10-5-4-6-11-18)22(16-8-7-9-17(26)12-16)23-19(27-15)13-25(2,3)14-20(23)28/h7-9,12,18,21-22H,4-6,10-11,13-14H2,1-3H3/t21?,22-/m0/s1. The van der Waals surface area contributed by atoms with Crippen molar-refractivity contribution in [2.45, 2.75) is 77.7 Å². The molecule has 1 unspecified atom stereocenters. The third-order valence-corrected chi connectivity index (χ3v) is 7.27. The number of rotatable bonds is 3. The van der Waals surface area contributed by atoms with E-state index >= 15 is 0 Å². The number of ketones is 1. The molecule has 30 heavy (non-hydrogen) atoms. The zero-order valence-electron chi connectivity index (χ0n) is 18.0. The maximum Gasteiger partial charge on any atom is 0.315 e. The molecule has 1 aromatic rings. The summed E-state index contributed by atoms with van der Waals surface area (Å²) in [6.45, 7) is 6.15. The van der Waals surface area contributed by atoms with Crippen LogP contribution in [0.4, 0.5) is 0 Å². The fraction of sp³-hybridized carbons (Fsp3) is 0.560. The number of benzene rings is 1. The second-order valence-electron chi connectivity index (χ2n) is 9.76. The molecule has 4 rings (SSSR count). The second kappa shape index (κ2) is 8.56. The van der Waals surface area contributed by atoms with Gasteiger partial charge in [0.25, 0.3) is 0 Å². The lowest BCUT2D eigenvalue weighted by Gasteiger charge is -2.39. The summed E-state index contributed by atoms with van der Waals surface area (Å²) in [6.07, 6.45) is 6.54. The third kappa shape index (κ3) is 4.41. The molecule has 1 aliphatic heterocycles. The lowest BCUT2D eigenvalue weighted by Crippen LogP contribution is -2.40. The maximum atomic E-state index is 13.4. The van der Waals surface area contributed by atoms with E-state index in [0.717, 1.165) is 58.2 Å². The van der Waals surface area contributed by atoms with Crippen molar-refractivity contribution in [3.63, 3.8) is 0 Å². The van der Waals surface area contributed by atoms with E-state index in [1.807, 2.05) is 25.1 Å². The predicted octanol–water partition coefficient (Wildman–Crippen LogP) is 5.98. The number of Topliss-reactive ketones (excluding diaryl/α,β-unsaturated/α-hetero) is 1. The van der Waals surface area contributed by atoms with Gasteiger partial charge in [-0.2, -0.15) is 0 Å². The van der Waals surface area contributed by atoms with Gasteiger partial charge in [-0.05, 0) is 84.7 Å². The van der Waals surface area contributed by atoms with Gasteiger partial charge in [0.2, 0.25) is 0 Å². The number of aliphatic imine (C=N–C) groups is 1. The highest BCUT2D eigenvalue weighted by Gasteiger charge is 2.46. The van der Waals surface area contributed by atoms with Gasteiger partial charge < -0.3 is 4.74 Å². The van der Waals surface area contributed by atoms with Gasteiger partial charge in [0, 0.05) is 32.9 Å². The van der Waals surface area contributed by atoms with E-state index in [1.165, 1.54) is 6.42 Å². The van der Waals surface area contributed by atoms with Gasteiger partial charge in [0.05, 0.1) is 0 Å². The number of nitrogens with zero attached hydrogens (tertiary/aromatic N) is 1. The molecule has 1 saturated carbocycles. The van der Waals surface area contributed by atoms with Gasteiger partial charge in [-0.15, -0.1) is 0 Å². The summed E-state index contributed by atoms with van der Waals surface area (Å²) in [4.78, 5) is 31.5. The number of carbonyl (C=O) groups is 2. The first kappa shape index (κ1) is 21.7. The van der Waals surface area contributed by atoms with Crippen molar-refractivity contribution < 1.29 is 14.3 Å². The van der Waals surface area contributed by atoms with Gasteiger partial charge in [-0.3, -0.25) is 14.6 Å². The Bertz CT molecular complexity index is 924. The van der Waals surface area contributed by atoms with Crippen LogP contribution in [0, 0.1) is 14.9 Å². The Morgan fingerprint density at radius 3 is 2.60 bits per heavy atom. The summed E-state index contributed by atoms with van der Waals surface area (Å²) in [7, 11) is 0. The van der Waals surface area contributed by atoms with Crippen molar-refractivity contribution in [1.82, 2.24) is 0 Å². The minimum absolute atomic E-state index is 0.00743. The average Bonchev–Trinajstić information content (AvgIpc) is 2.66. The van der Waals surface area contributed by atoms with Gasteiger partial charge in [-0.25, -0.2) is 0 Å². The number of carbonyl (C=O) groups excluding carboxylic acids is 2. The molecular formula is C25H30INO3. The Labute approximate surface area is 192 Å². The van der Waals surface area contributed by atoms with Gasteiger partial charge >= 0.3 is 5.97 Å². The van der Waals surface area contributed by atoms with E-state index in [-0.39, 0.29) is 29.2 Å². The van der Waals surface area contributed by atoms with Crippen LogP contribution < -0.4 is 0 Å². The summed E-state index contributed by atoms with van der Waals surface area (Å²) in [5, 5.41) is 0. The molecule has 0 spiro atoms. The molecule has 2 atom stereocenters. The first-order chi connectivity index (χ1) is 14.2. The molecule has 0 saturated heterocycles. The molecule has 5 heteroatoms. The van der Waals surface area contributed by atoms with Crippen molar-refractivity contribution in [3.8, 4) is 0 Å². The van der Waals surface area contributed by atoms with Crippen LogP contribution in [0.1, 0.15) is 77.2 Å². The molecule has 1 aromatic carbocycles. The lowest BCUT2D eigenvalue weighted by atomic mass is 9.67. The lowest BCUT2D eigenvalue weighted by molar-refractivity contribution is -0.153. The van der Waals surface area contributed by atoms with E-state index in [9.17, 15) is 9.59 Å². The topological polar surface area (TPSA) is 55.7 Å². The SMILES string of the molecule is CC1=NC2=C(C(=O)CC(C)(C)C2)[C@@H](c2cccc(I)c2)C1C(=O)OC1CCCCC1. The molecular weight excluding hydrogens is 489 g/mol.